The molecular formula is C26H24N2O5S. The summed E-state index contributed by atoms with van der Waals surface area (Å²) in [7, 11) is 0. The van der Waals surface area contributed by atoms with Crippen molar-refractivity contribution in [3.8, 4) is 0 Å². The molecule has 1 spiro atoms. The molecular weight excluding hydrogens is 452 g/mol. The number of benzene rings is 2. The highest BCUT2D eigenvalue weighted by Gasteiger charge is 2.71. The summed E-state index contributed by atoms with van der Waals surface area (Å²) in [6.45, 7) is 0.324. The number of amides is 2. The standard InChI is InChI=1S/C26H24N2O5S/c29-13-12-28-22-24(31)27(18-9-8-16-5-1-2-6-17(16)15-18)11-4-10-26(22)21(23(28)30)20-19(34-26)7-3-14-33-25(20)32/h1-10,15,19-22,29H,11-14H2/t19-,20+,21+,22?,26+/m1/s1. The molecule has 0 bridgehead atoms. The SMILES string of the molecule is O=C1OCC=C[C@H]2S[C@]34C=CCN(c5ccc6ccccc6c5)C(=O)C3N(CCO)C(=O)[C@@H]4[C@@H]12. The Labute approximate surface area is 201 Å². The molecule has 174 valence electrons. The van der Waals surface area contributed by atoms with Crippen LogP contribution in [0.15, 0.2) is 66.8 Å². The molecule has 0 aromatic heterocycles. The van der Waals surface area contributed by atoms with Crippen molar-refractivity contribution in [2.45, 2.75) is 16.0 Å². The second kappa shape index (κ2) is 7.99. The number of ether oxygens (including phenoxy) is 1. The smallest absolute Gasteiger partial charge is 0.311 e. The van der Waals surface area contributed by atoms with E-state index in [1.165, 1.54) is 16.7 Å². The van der Waals surface area contributed by atoms with Gasteiger partial charge in [0, 0.05) is 24.0 Å². The first-order chi connectivity index (χ1) is 16.5. The first-order valence-corrected chi connectivity index (χ1v) is 12.3. The van der Waals surface area contributed by atoms with Crippen molar-refractivity contribution < 1.29 is 24.2 Å². The zero-order chi connectivity index (χ0) is 23.4. The number of β-amino-alcohol motifs (C(OH)–C–C–N with tert-alkyl or cyclic N) is 1. The molecule has 1 unspecified atom stereocenters. The van der Waals surface area contributed by atoms with Crippen LogP contribution in [0.25, 0.3) is 10.8 Å². The maximum absolute atomic E-state index is 14.1. The zero-order valence-corrected chi connectivity index (χ0v) is 19.2. The van der Waals surface area contributed by atoms with E-state index >= 15 is 0 Å². The Bertz CT molecular complexity index is 1260. The summed E-state index contributed by atoms with van der Waals surface area (Å²) in [5.41, 5.74) is 0.752. The molecule has 1 N–H and O–H groups in total. The quantitative estimate of drug-likeness (QED) is 0.540. The number of esters is 1. The zero-order valence-electron chi connectivity index (χ0n) is 18.4. The van der Waals surface area contributed by atoms with Gasteiger partial charge in [-0.1, -0.05) is 54.6 Å². The lowest BCUT2D eigenvalue weighted by atomic mass is 9.78. The van der Waals surface area contributed by atoms with E-state index in [1.54, 1.807) is 4.90 Å². The average Bonchev–Trinajstić information content (AvgIpc) is 3.13. The van der Waals surface area contributed by atoms with Crippen LogP contribution in [0.2, 0.25) is 0 Å². The number of likely N-dealkylation sites (tertiary alicyclic amines) is 1. The molecule has 4 aliphatic heterocycles. The van der Waals surface area contributed by atoms with E-state index < -0.39 is 28.6 Å². The molecule has 6 rings (SSSR count). The van der Waals surface area contributed by atoms with E-state index in [2.05, 4.69) is 0 Å². The molecule has 2 aromatic carbocycles. The van der Waals surface area contributed by atoms with Crippen LogP contribution in [-0.2, 0) is 19.1 Å². The number of anilines is 1. The van der Waals surface area contributed by atoms with Gasteiger partial charge in [-0.25, -0.2) is 0 Å². The molecule has 8 heteroatoms. The van der Waals surface area contributed by atoms with Gasteiger partial charge in [0.05, 0.1) is 23.2 Å². The lowest BCUT2D eigenvalue weighted by molar-refractivity contribution is -0.151. The van der Waals surface area contributed by atoms with E-state index in [-0.39, 0.29) is 36.8 Å². The fourth-order valence-corrected chi connectivity index (χ4v) is 7.89. The van der Waals surface area contributed by atoms with Crippen molar-refractivity contribution in [3.63, 3.8) is 0 Å². The third kappa shape index (κ3) is 2.98. The first kappa shape index (κ1) is 21.4. The summed E-state index contributed by atoms with van der Waals surface area (Å²) in [5, 5.41) is 11.6. The number of fused-ring (bicyclic) bond motifs is 3. The van der Waals surface area contributed by atoms with Crippen molar-refractivity contribution in [1.29, 1.82) is 0 Å². The number of hydrogen-bond donors (Lipinski definition) is 1. The number of carbonyl (C=O) groups excluding carboxylic acids is 3. The molecule has 0 radical (unpaired) electrons. The number of nitrogens with zero attached hydrogens (tertiary/aromatic N) is 2. The highest BCUT2D eigenvalue weighted by atomic mass is 32.2. The summed E-state index contributed by atoms with van der Waals surface area (Å²) < 4.78 is 4.46. The first-order valence-electron chi connectivity index (χ1n) is 11.5. The normalized spacial score (nSPS) is 32.3. The van der Waals surface area contributed by atoms with Crippen LogP contribution in [-0.4, -0.2) is 70.1 Å². The number of aliphatic hydroxyl groups is 1. The molecule has 2 amide bonds. The highest BCUT2D eigenvalue weighted by molar-refractivity contribution is 8.02. The summed E-state index contributed by atoms with van der Waals surface area (Å²) in [4.78, 5) is 43.9. The van der Waals surface area contributed by atoms with Crippen molar-refractivity contribution in [2.24, 2.45) is 11.8 Å². The minimum absolute atomic E-state index is 0.0374. The molecule has 4 aliphatic rings. The van der Waals surface area contributed by atoms with E-state index in [1.807, 2.05) is 66.8 Å². The molecule has 7 nitrogen and oxygen atoms in total. The molecule has 34 heavy (non-hydrogen) atoms. The minimum atomic E-state index is -0.898. The van der Waals surface area contributed by atoms with Gasteiger partial charge in [-0.2, -0.15) is 0 Å². The number of hydrogen-bond acceptors (Lipinski definition) is 6. The van der Waals surface area contributed by atoms with E-state index in [0.29, 0.717) is 6.54 Å². The molecule has 4 heterocycles. The second-order valence-electron chi connectivity index (χ2n) is 9.04. The van der Waals surface area contributed by atoms with Crippen LogP contribution in [0.1, 0.15) is 0 Å². The van der Waals surface area contributed by atoms with Gasteiger partial charge in [0.25, 0.3) is 5.91 Å². The molecule has 2 fully saturated rings. The van der Waals surface area contributed by atoms with E-state index in [4.69, 9.17) is 4.74 Å². The monoisotopic (exact) mass is 476 g/mol. The topological polar surface area (TPSA) is 87.2 Å². The van der Waals surface area contributed by atoms with Crippen molar-refractivity contribution >= 4 is 46.0 Å². The maximum atomic E-state index is 14.1. The van der Waals surface area contributed by atoms with Crippen LogP contribution in [0, 0.1) is 11.8 Å². The summed E-state index contributed by atoms with van der Waals surface area (Å²) >= 11 is 1.50. The number of carbonyl (C=O) groups is 3. The lowest BCUT2D eigenvalue weighted by Gasteiger charge is -2.35. The third-order valence-electron chi connectivity index (χ3n) is 7.30. The molecule has 0 aliphatic carbocycles. The number of thioether (sulfide) groups is 1. The number of aliphatic hydroxyl groups excluding tert-OH is 1. The second-order valence-corrected chi connectivity index (χ2v) is 10.5. The van der Waals surface area contributed by atoms with Crippen LogP contribution >= 0.6 is 11.8 Å². The highest BCUT2D eigenvalue weighted by Crippen LogP contribution is 2.60. The number of cyclic esters (lactones) is 1. The Morgan fingerprint density at radius 3 is 2.71 bits per heavy atom. The molecule has 0 saturated carbocycles. The average molecular weight is 477 g/mol. The summed E-state index contributed by atoms with van der Waals surface area (Å²) in [6.07, 6.45) is 7.63. The Morgan fingerprint density at radius 2 is 1.88 bits per heavy atom. The summed E-state index contributed by atoms with van der Waals surface area (Å²) in [6, 6.07) is 13.0. The predicted molar refractivity (Wildman–Crippen MR) is 129 cm³/mol. The predicted octanol–water partition coefficient (Wildman–Crippen LogP) is 2.15. The van der Waals surface area contributed by atoms with Gasteiger partial charge < -0.3 is 19.6 Å². The van der Waals surface area contributed by atoms with Gasteiger partial charge in [-0.05, 0) is 22.9 Å². The van der Waals surface area contributed by atoms with Gasteiger partial charge >= 0.3 is 5.97 Å². The molecule has 2 saturated heterocycles. The molecule has 2 aromatic rings. The number of rotatable bonds is 3. The Morgan fingerprint density at radius 1 is 1.06 bits per heavy atom. The van der Waals surface area contributed by atoms with Gasteiger partial charge in [0.1, 0.15) is 12.6 Å². The Hall–Kier alpha value is -3.10. The fourth-order valence-electron chi connectivity index (χ4n) is 5.89. The van der Waals surface area contributed by atoms with Gasteiger partial charge in [0.2, 0.25) is 5.91 Å². The Balaban J connectivity index is 1.45. The maximum Gasteiger partial charge on any atom is 0.311 e. The fraction of sp³-hybridized carbons (Fsp3) is 0.346. The lowest BCUT2D eigenvalue weighted by Crippen LogP contribution is -2.53. The van der Waals surface area contributed by atoms with Crippen LogP contribution < -0.4 is 4.90 Å². The van der Waals surface area contributed by atoms with Crippen LogP contribution in [0.3, 0.4) is 0 Å². The largest absolute Gasteiger partial charge is 0.461 e. The van der Waals surface area contributed by atoms with E-state index in [0.717, 1.165) is 16.5 Å². The minimum Gasteiger partial charge on any atom is -0.461 e. The van der Waals surface area contributed by atoms with Gasteiger partial charge in [-0.3, -0.25) is 14.4 Å². The van der Waals surface area contributed by atoms with Crippen LogP contribution in [0.5, 0.6) is 0 Å². The Kier molecular flexibility index (Phi) is 5.04. The van der Waals surface area contributed by atoms with Crippen LogP contribution in [0.4, 0.5) is 5.69 Å². The third-order valence-corrected chi connectivity index (χ3v) is 9.04. The van der Waals surface area contributed by atoms with Gasteiger partial charge in [0.15, 0.2) is 0 Å². The van der Waals surface area contributed by atoms with Crippen molar-refractivity contribution in [2.75, 3.05) is 31.2 Å². The van der Waals surface area contributed by atoms with Crippen molar-refractivity contribution in [3.05, 3.63) is 66.8 Å². The van der Waals surface area contributed by atoms with E-state index in [9.17, 15) is 19.5 Å². The van der Waals surface area contributed by atoms with Crippen molar-refractivity contribution in [1.82, 2.24) is 4.90 Å². The molecule has 5 atom stereocenters. The van der Waals surface area contributed by atoms with Gasteiger partial charge in [-0.15, -0.1) is 11.8 Å². The summed E-state index contributed by atoms with van der Waals surface area (Å²) in [5.74, 6) is -2.26.